The van der Waals surface area contributed by atoms with Gasteiger partial charge in [-0.05, 0) is 18.2 Å². The van der Waals surface area contributed by atoms with Gasteiger partial charge in [-0.1, -0.05) is 18.2 Å². The summed E-state index contributed by atoms with van der Waals surface area (Å²) in [5.74, 6) is -0.500. The lowest BCUT2D eigenvalue weighted by molar-refractivity contribution is 0.0302. The van der Waals surface area contributed by atoms with Crippen molar-refractivity contribution in [2.75, 3.05) is 26.3 Å². The summed E-state index contributed by atoms with van der Waals surface area (Å²) in [4.78, 5) is 26.3. The van der Waals surface area contributed by atoms with E-state index in [2.05, 4.69) is 0 Å². The normalized spacial score (nSPS) is 15.1. The molecule has 2 amide bonds. The van der Waals surface area contributed by atoms with Crippen molar-refractivity contribution < 1.29 is 14.3 Å². The topological polar surface area (TPSA) is 77.0 Å². The van der Waals surface area contributed by atoms with Crippen molar-refractivity contribution in [3.63, 3.8) is 0 Å². The number of aromatic nitrogens is 1. The average molecular weight is 323 g/mol. The van der Waals surface area contributed by atoms with Gasteiger partial charge in [-0.15, -0.1) is 0 Å². The number of carbonyl (C=O) groups excluding carboxylic acids is 2. The minimum atomic E-state index is -0.471. The largest absolute Gasteiger partial charge is 0.378 e. The molecule has 4 rings (SSSR count). The first-order valence-corrected chi connectivity index (χ1v) is 7.86. The summed E-state index contributed by atoms with van der Waals surface area (Å²) < 4.78 is 7.16. The van der Waals surface area contributed by atoms with Gasteiger partial charge in [0.05, 0.1) is 35.4 Å². The first-order chi connectivity index (χ1) is 11.7. The van der Waals surface area contributed by atoms with Crippen molar-refractivity contribution in [3.8, 4) is 0 Å². The van der Waals surface area contributed by atoms with Gasteiger partial charge in [0, 0.05) is 24.7 Å². The van der Waals surface area contributed by atoms with Gasteiger partial charge in [0.25, 0.3) is 11.8 Å². The van der Waals surface area contributed by atoms with Gasteiger partial charge in [-0.3, -0.25) is 9.59 Å². The van der Waals surface area contributed by atoms with Crippen LogP contribution in [-0.2, 0) is 4.74 Å². The molecule has 122 valence electrons. The summed E-state index contributed by atoms with van der Waals surface area (Å²) in [5.41, 5.74) is 8.20. The summed E-state index contributed by atoms with van der Waals surface area (Å²) in [6.45, 7) is 2.31. The second-order valence-corrected chi connectivity index (χ2v) is 5.83. The zero-order chi connectivity index (χ0) is 16.7. The maximum Gasteiger partial charge on any atom is 0.255 e. The molecule has 3 aromatic rings. The zero-order valence-electron chi connectivity index (χ0n) is 13.1. The highest BCUT2D eigenvalue weighted by atomic mass is 16.5. The maximum absolute atomic E-state index is 12.7. The Bertz CT molecular complexity index is 955. The SMILES string of the molecule is NC(=O)c1c2ccccc2n2cc(C(=O)N3CCOCC3)ccc12. The van der Waals surface area contributed by atoms with Crippen LogP contribution < -0.4 is 5.73 Å². The van der Waals surface area contributed by atoms with Crippen LogP contribution in [-0.4, -0.2) is 47.4 Å². The molecule has 1 saturated heterocycles. The number of pyridine rings is 1. The standard InChI is InChI=1S/C18H17N3O3/c19-17(22)16-13-3-1-2-4-14(13)21-11-12(5-6-15(16)21)18(23)20-7-9-24-10-8-20/h1-6,11H,7-10H2,(H2,19,22). The summed E-state index contributed by atoms with van der Waals surface area (Å²) >= 11 is 0. The van der Waals surface area contributed by atoms with E-state index in [0.29, 0.717) is 42.9 Å². The molecule has 3 heterocycles. The Morgan fingerprint density at radius 2 is 1.75 bits per heavy atom. The van der Waals surface area contributed by atoms with E-state index < -0.39 is 5.91 Å². The van der Waals surface area contributed by atoms with Crippen molar-refractivity contribution in [1.29, 1.82) is 0 Å². The number of para-hydroxylation sites is 1. The van der Waals surface area contributed by atoms with Crippen LogP contribution >= 0.6 is 0 Å². The Balaban J connectivity index is 1.87. The van der Waals surface area contributed by atoms with Crippen molar-refractivity contribution in [3.05, 3.63) is 53.7 Å². The lowest BCUT2D eigenvalue weighted by Crippen LogP contribution is -2.40. The maximum atomic E-state index is 12.7. The molecule has 2 N–H and O–H groups in total. The number of rotatable bonds is 2. The van der Waals surface area contributed by atoms with Gasteiger partial charge in [-0.2, -0.15) is 0 Å². The highest BCUT2D eigenvalue weighted by Gasteiger charge is 2.21. The predicted molar refractivity (Wildman–Crippen MR) is 90.1 cm³/mol. The van der Waals surface area contributed by atoms with E-state index in [-0.39, 0.29) is 5.91 Å². The first-order valence-electron chi connectivity index (χ1n) is 7.86. The third-order valence-corrected chi connectivity index (χ3v) is 4.43. The van der Waals surface area contributed by atoms with Gasteiger partial charge in [0.1, 0.15) is 0 Å². The molecule has 6 heteroatoms. The molecule has 1 aromatic carbocycles. The summed E-state index contributed by atoms with van der Waals surface area (Å²) in [6, 6.07) is 11.1. The molecule has 0 saturated carbocycles. The van der Waals surface area contributed by atoms with E-state index in [1.165, 1.54) is 0 Å². The molecule has 1 aliphatic rings. The van der Waals surface area contributed by atoms with E-state index in [0.717, 1.165) is 10.9 Å². The minimum absolute atomic E-state index is 0.0291. The third kappa shape index (κ3) is 2.23. The quantitative estimate of drug-likeness (QED) is 0.779. The highest BCUT2D eigenvalue weighted by Crippen LogP contribution is 2.27. The van der Waals surface area contributed by atoms with Crippen LogP contribution in [0.3, 0.4) is 0 Å². The zero-order valence-corrected chi connectivity index (χ0v) is 13.1. The Morgan fingerprint density at radius 1 is 1.00 bits per heavy atom. The molecule has 1 aliphatic heterocycles. The van der Waals surface area contributed by atoms with E-state index in [9.17, 15) is 9.59 Å². The Labute approximate surface area is 138 Å². The van der Waals surface area contributed by atoms with Gasteiger partial charge < -0.3 is 19.8 Å². The number of fused-ring (bicyclic) bond motifs is 3. The van der Waals surface area contributed by atoms with Crippen molar-refractivity contribution >= 4 is 28.2 Å². The monoisotopic (exact) mass is 323 g/mol. The van der Waals surface area contributed by atoms with Crippen LogP contribution in [0.25, 0.3) is 16.4 Å². The van der Waals surface area contributed by atoms with Crippen LogP contribution in [0.15, 0.2) is 42.6 Å². The van der Waals surface area contributed by atoms with Crippen LogP contribution in [0.4, 0.5) is 0 Å². The summed E-state index contributed by atoms with van der Waals surface area (Å²) in [6.07, 6.45) is 1.78. The molecule has 0 radical (unpaired) electrons. The number of ether oxygens (including phenoxy) is 1. The first kappa shape index (κ1) is 14.7. The van der Waals surface area contributed by atoms with Crippen LogP contribution in [0, 0.1) is 0 Å². The molecule has 24 heavy (non-hydrogen) atoms. The Kier molecular flexibility index (Phi) is 3.46. The number of amides is 2. The molecule has 0 spiro atoms. The van der Waals surface area contributed by atoms with Gasteiger partial charge >= 0.3 is 0 Å². The van der Waals surface area contributed by atoms with Crippen molar-refractivity contribution in [2.24, 2.45) is 5.73 Å². The van der Waals surface area contributed by atoms with Gasteiger partial charge in [0.15, 0.2) is 0 Å². The van der Waals surface area contributed by atoms with Crippen LogP contribution in [0.5, 0.6) is 0 Å². The number of nitrogens with zero attached hydrogens (tertiary/aromatic N) is 2. The summed E-state index contributed by atoms with van der Waals surface area (Å²) in [7, 11) is 0. The van der Waals surface area contributed by atoms with Crippen molar-refractivity contribution in [1.82, 2.24) is 9.30 Å². The molecule has 0 atom stereocenters. The lowest BCUT2D eigenvalue weighted by atomic mass is 10.1. The molecule has 0 unspecified atom stereocenters. The second kappa shape index (κ2) is 5.65. The second-order valence-electron chi connectivity index (χ2n) is 5.83. The molecular weight excluding hydrogens is 306 g/mol. The van der Waals surface area contributed by atoms with E-state index in [1.807, 2.05) is 28.7 Å². The van der Waals surface area contributed by atoms with E-state index in [1.54, 1.807) is 23.2 Å². The fourth-order valence-corrected chi connectivity index (χ4v) is 3.27. The van der Waals surface area contributed by atoms with Gasteiger partial charge in [-0.25, -0.2) is 0 Å². The average Bonchev–Trinajstić information content (AvgIpc) is 2.95. The third-order valence-electron chi connectivity index (χ3n) is 4.43. The number of hydrogen-bond donors (Lipinski definition) is 1. The summed E-state index contributed by atoms with van der Waals surface area (Å²) in [5, 5.41) is 0.793. The highest BCUT2D eigenvalue weighted by molar-refractivity contribution is 6.13. The molecule has 0 bridgehead atoms. The van der Waals surface area contributed by atoms with Crippen molar-refractivity contribution in [2.45, 2.75) is 0 Å². The van der Waals surface area contributed by atoms with Crippen LogP contribution in [0.2, 0.25) is 0 Å². The molecule has 1 fully saturated rings. The fourth-order valence-electron chi connectivity index (χ4n) is 3.27. The number of benzene rings is 1. The van der Waals surface area contributed by atoms with E-state index in [4.69, 9.17) is 10.5 Å². The smallest absolute Gasteiger partial charge is 0.255 e. The number of morpholine rings is 1. The number of primary amides is 1. The lowest BCUT2D eigenvalue weighted by Gasteiger charge is -2.26. The fraction of sp³-hybridized carbons (Fsp3) is 0.222. The molecule has 2 aromatic heterocycles. The van der Waals surface area contributed by atoms with Crippen LogP contribution in [0.1, 0.15) is 20.7 Å². The predicted octanol–water partition coefficient (Wildman–Crippen LogP) is 1.66. The number of carbonyl (C=O) groups is 2. The minimum Gasteiger partial charge on any atom is -0.378 e. The van der Waals surface area contributed by atoms with E-state index >= 15 is 0 Å². The molecule has 0 aliphatic carbocycles. The Morgan fingerprint density at radius 3 is 2.50 bits per heavy atom. The Hall–Kier alpha value is -2.86. The van der Waals surface area contributed by atoms with Gasteiger partial charge in [0.2, 0.25) is 0 Å². The molecular formula is C18H17N3O3. The number of nitrogens with two attached hydrogens (primary N) is 1. The molecule has 6 nitrogen and oxygen atoms in total. The number of hydrogen-bond acceptors (Lipinski definition) is 3.